The molecule has 2 fully saturated rings. The van der Waals surface area contributed by atoms with Gasteiger partial charge in [0.1, 0.15) is 23.4 Å². The van der Waals surface area contributed by atoms with Gasteiger partial charge >= 0.3 is 0 Å². The molecule has 2 amide bonds. The second-order valence-electron chi connectivity index (χ2n) is 10.6. The molecule has 0 spiro atoms. The van der Waals surface area contributed by atoms with E-state index in [1.807, 2.05) is 29.2 Å². The van der Waals surface area contributed by atoms with Crippen LogP contribution >= 0.6 is 0 Å². The minimum atomic E-state index is -0.585. The van der Waals surface area contributed by atoms with Crippen LogP contribution in [0, 0.1) is 5.82 Å². The fraction of sp³-hybridized carbons (Fsp3) is 0.375. The van der Waals surface area contributed by atoms with E-state index < -0.39 is 6.04 Å². The van der Waals surface area contributed by atoms with Gasteiger partial charge in [0.15, 0.2) is 0 Å². The lowest BCUT2D eigenvalue weighted by molar-refractivity contribution is -0.135. The van der Waals surface area contributed by atoms with Gasteiger partial charge in [-0.05, 0) is 60.0 Å². The summed E-state index contributed by atoms with van der Waals surface area (Å²) < 4.78 is 24.5. The molecule has 2 saturated heterocycles. The average molecular weight is 561 g/mol. The Balaban J connectivity index is 1.46. The van der Waals surface area contributed by atoms with Gasteiger partial charge in [0, 0.05) is 57.4 Å². The van der Waals surface area contributed by atoms with Gasteiger partial charge in [0.2, 0.25) is 5.91 Å². The maximum atomic E-state index is 13.9. The second kappa shape index (κ2) is 13.1. The number of carbonyl (C=O) groups excluding carboxylic acids is 2. The predicted molar refractivity (Wildman–Crippen MR) is 154 cm³/mol. The van der Waals surface area contributed by atoms with Crippen LogP contribution < -0.4 is 14.8 Å². The average Bonchev–Trinajstić information content (AvgIpc) is 3.47. The summed E-state index contributed by atoms with van der Waals surface area (Å²) in [6, 6.07) is 20.8. The molecule has 0 radical (unpaired) electrons. The fourth-order valence-corrected chi connectivity index (χ4v) is 5.70. The van der Waals surface area contributed by atoms with Crippen LogP contribution in [0.4, 0.5) is 4.39 Å². The lowest BCUT2D eigenvalue weighted by Crippen LogP contribution is -2.53. The highest BCUT2D eigenvalue weighted by atomic mass is 19.1. The zero-order valence-electron chi connectivity index (χ0n) is 23.6. The molecular formula is C32H37FN4O4. The second-order valence-corrected chi connectivity index (χ2v) is 10.6. The van der Waals surface area contributed by atoms with E-state index in [-0.39, 0.29) is 23.7 Å². The largest absolute Gasteiger partial charge is 0.497 e. The van der Waals surface area contributed by atoms with Gasteiger partial charge in [0.05, 0.1) is 14.2 Å². The summed E-state index contributed by atoms with van der Waals surface area (Å²) >= 11 is 0. The Morgan fingerprint density at radius 2 is 1.56 bits per heavy atom. The lowest BCUT2D eigenvalue weighted by atomic mass is 10.1. The molecule has 5 rings (SSSR count). The Morgan fingerprint density at radius 1 is 0.902 bits per heavy atom. The Bertz CT molecular complexity index is 1350. The van der Waals surface area contributed by atoms with Crippen LogP contribution in [0.5, 0.6) is 11.5 Å². The third-order valence-electron chi connectivity index (χ3n) is 7.91. The first-order valence-electron chi connectivity index (χ1n) is 14.0. The Kier molecular flexibility index (Phi) is 9.16. The smallest absolute Gasteiger partial charge is 0.254 e. The summed E-state index contributed by atoms with van der Waals surface area (Å²) in [6.45, 7) is 4.21. The first-order chi connectivity index (χ1) is 19.9. The molecule has 216 valence electrons. The quantitative estimate of drug-likeness (QED) is 0.432. The van der Waals surface area contributed by atoms with E-state index in [4.69, 9.17) is 9.47 Å². The number of halogens is 1. The number of likely N-dealkylation sites (tertiary alicyclic amines) is 1. The third-order valence-corrected chi connectivity index (χ3v) is 7.91. The number of methoxy groups -OCH3 is 2. The number of carbonyl (C=O) groups is 2. The van der Waals surface area contributed by atoms with Crippen molar-refractivity contribution in [2.45, 2.75) is 31.6 Å². The highest BCUT2D eigenvalue weighted by molar-refractivity contribution is 5.98. The molecule has 0 saturated carbocycles. The lowest BCUT2D eigenvalue weighted by Gasteiger charge is -2.32. The molecule has 41 heavy (non-hydrogen) atoms. The monoisotopic (exact) mass is 560 g/mol. The molecule has 2 unspecified atom stereocenters. The third kappa shape index (κ3) is 6.86. The van der Waals surface area contributed by atoms with Gasteiger partial charge in [-0.15, -0.1) is 0 Å². The van der Waals surface area contributed by atoms with Crippen molar-refractivity contribution in [3.8, 4) is 11.5 Å². The highest BCUT2D eigenvalue weighted by Crippen LogP contribution is 2.30. The minimum Gasteiger partial charge on any atom is -0.497 e. The zero-order chi connectivity index (χ0) is 28.8. The first-order valence-corrected chi connectivity index (χ1v) is 14.0. The van der Waals surface area contributed by atoms with Crippen molar-refractivity contribution in [1.29, 1.82) is 0 Å². The van der Waals surface area contributed by atoms with Crippen molar-refractivity contribution in [2.24, 2.45) is 0 Å². The van der Waals surface area contributed by atoms with E-state index in [0.29, 0.717) is 50.5 Å². The number of rotatable bonds is 9. The molecule has 2 heterocycles. The first kappa shape index (κ1) is 28.6. The highest BCUT2D eigenvalue weighted by Gasteiger charge is 2.43. The van der Waals surface area contributed by atoms with Gasteiger partial charge in [-0.25, -0.2) is 4.39 Å². The van der Waals surface area contributed by atoms with Crippen molar-refractivity contribution < 1.29 is 23.5 Å². The van der Waals surface area contributed by atoms with Crippen LogP contribution in [-0.4, -0.2) is 85.5 Å². The molecule has 8 nitrogen and oxygen atoms in total. The molecule has 2 aliphatic heterocycles. The number of benzene rings is 3. The maximum Gasteiger partial charge on any atom is 0.254 e. The number of ether oxygens (including phenoxy) is 2. The fourth-order valence-electron chi connectivity index (χ4n) is 5.70. The molecule has 0 aliphatic carbocycles. The predicted octanol–water partition coefficient (Wildman–Crippen LogP) is 3.56. The summed E-state index contributed by atoms with van der Waals surface area (Å²) in [5.41, 5.74) is 2.49. The summed E-state index contributed by atoms with van der Waals surface area (Å²) in [5, 5.41) is 3.29. The van der Waals surface area contributed by atoms with Crippen LogP contribution in [-0.2, 0) is 17.9 Å². The summed E-state index contributed by atoms with van der Waals surface area (Å²) in [5.74, 6) is 0.854. The summed E-state index contributed by atoms with van der Waals surface area (Å²) in [4.78, 5) is 33.7. The van der Waals surface area contributed by atoms with E-state index in [2.05, 4.69) is 10.2 Å². The van der Waals surface area contributed by atoms with Crippen LogP contribution in [0.3, 0.4) is 0 Å². The van der Waals surface area contributed by atoms with Crippen molar-refractivity contribution in [2.75, 3.05) is 46.9 Å². The number of piperazine rings is 1. The van der Waals surface area contributed by atoms with Gasteiger partial charge in [-0.3, -0.25) is 14.5 Å². The van der Waals surface area contributed by atoms with E-state index in [0.717, 1.165) is 30.0 Å². The number of nitrogens with zero attached hydrogens (tertiary/aromatic N) is 3. The van der Waals surface area contributed by atoms with Crippen molar-refractivity contribution in [3.63, 3.8) is 0 Å². The van der Waals surface area contributed by atoms with Crippen molar-refractivity contribution in [1.82, 2.24) is 20.0 Å². The van der Waals surface area contributed by atoms with Gasteiger partial charge in [-0.2, -0.15) is 0 Å². The van der Waals surface area contributed by atoms with Crippen molar-refractivity contribution >= 4 is 11.8 Å². The minimum absolute atomic E-state index is 0.0200. The standard InChI is InChI=1S/C32H37FN4O4/c1-40-28-7-3-5-24(17-28)21-36(20-23-9-11-26(33)12-10-23)27-19-30(32(39)35-15-13-34-14-16-35)37(22-27)31(38)25-6-4-8-29(18-25)41-2/h3-12,17-18,27,30,34H,13-16,19-22H2,1-2H3. The Hall–Kier alpha value is -3.95. The van der Waals surface area contributed by atoms with E-state index >= 15 is 0 Å². The van der Waals surface area contributed by atoms with Crippen LogP contribution in [0.25, 0.3) is 0 Å². The van der Waals surface area contributed by atoms with Gasteiger partial charge < -0.3 is 24.6 Å². The molecule has 9 heteroatoms. The molecular weight excluding hydrogens is 523 g/mol. The number of amides is 2. The molecule has 0 bridgehead atoms. The SMILES string of the molecule is COc1cccc(CN(Cc2ccc(F)cc2)C2CC(C(=O)N3CCNCC3)N(C(=O)c3cccc(OC)c3)C2)c1. The van der Waals surface area contributed by atoms with E-state index in [1.54, 1.807) is 55.5 Å². The molecule has 3 aromatic carbocycles. The van der Waals surface area contributed by atoms with Crippen LogP contribution in [0.2, 0.25) is 0 Å². The topological polar surface area (TPSA) is 74.4 Å². The van der Waals surface area contributed by atoms with Gasteiger partial charge in [-0.1, -0.05) is 30.3 Å². The molecule has 3 aromatic rings. The van der Waals surface area contributed by atoms with E-state index in [9.17, 15) is 14.0 Å². The Morgan fingerprint density at radius 3 is 2.27 bits per heavy atom. The molecule has 2 aliphatic rings. The number of nitrogens with one attached hydrogen (secondary N) is 1. The summed E-state index contributed by atoms with van der Waals surface area (Å²) in [6.07, 6.45) is 0.504. The van der Waals surface area contributed by atoms with Crippen LogP contribution in [0.1, 0.15) is 27.9 Å². The van der Waals surface area contributed by atoms with Crippen LogP contribution in [0.15, 0.2) is 72.8 Å². The molecule has 1 N–H and O–H groups in total. The number of hydrogen-bond acceptors (Lipinski definition) is 6. The summed E-state index contributed by atoms with van der Waals surface area (Å²) in [7, 11) is 3.21. The van der Waals surface area contributed by atoms with E-state index in [1.165, 1.54) is 12.1 Å². The van der Waals surface area contributed by atoms with Gasteiger partial charge in [0.25, 0.3) is 5.91 Å². The maximum absolute atomic E-state index is 13.9. The Labute approximate surface area is 240 Å². The normalized spacial score (nSPS) is 18.9. The zero-order valence-corrected chi connectivity index (χ0v) is 23.6. The van der Waals surface area contributed by atoms with Crippen molar-refractivity contribution in [3.05, 3.63) is 95.3 Å². The molecule has 2 atom stereocenters. The molecule has 0 aromatic heterocycles. The number of hydrogen-bond donors (Lipinski definition) is 1.